The maximum Gasteiger partial charge on any atom is 0.123 e. The maximum atomic E-state index is 8.88. The van der Waals surface area contributed by atoms with Gasteiger partial charge in [0, 0.05) is 12.2 Å². The molecule has 0 fully saturated rings. The molecular weight excluding hydrogens is 272 g/mol. The van der Waals surface area contributed by atoms with Gasteiger partial charge in [-0.25, -0.2) is 0 Å². The van der Waals surface area contributed by atoms with Gasteiger partial charge in [0.15, 0.2) is 0 Å². The predicted octanol–water partition coefficient (Wildman–Crippen LogP) is 5.21. The van der Waals surface area contributed by atoms with Gasteiger partial charge in [-0.2, -0.15) is 0 Å². The SMILES string of the molecule is CCC(C)(C)c1ccc(OCCCCO)c(C(C)(C)CC)c1. The molecule has 0 bridgehead atoms. The van der Waals surface area contributed by atoms with Gasteiger partial charge in [0.1, 0.15) is 5.75 Å². The zero-order valence-electron chi connectivity index (χ0n) is 15.3. The molecule has 22 heavy (non-hydrogen) atoms. The van der Waals surface area contributed by atoms with Crippen LogP contribution in [-0.2, 0) is 10.8 Å². The Morgan fingerprint density at radius 1 is 0.955 bits per heavy atom. The highest BCUT2D eigenvalue weighted by atomic mass is 16.5. The summed E-state index contributed by atoms with van der Waals surface area (Å²) in [5.74, 6) is 1.00. The van der Waals surface area contributed by atoms with Gasteiger partial charge in [-0.1, -0.05) is 53.7 Å². The molecule has 0 aliphatic carbocycles. The number of rotatable bonds is 9. The summed E-state index contributed by atoms with van der Waals surface area (Å²) in [6.07, 6.45) is 3.89. The zero-order valence-corrected chi connectivity index (χ0v) is 15.3. The second-order valence-electron chi connectivity index (χ2n) is 7.46. The van der Waals surface area contributed by atoms with Crippen molar-refractivity contribution in [3.63, 3.8) is 0 Å². The lowest BCUT2D eigenvalue weighted by Gasteiger charge is -2.30. The van der Waals surface area contributed by atoms with E-state index in [1.165, 1.54) is 11.1 Å². The molecule has 0 atom stereocenters. The van der Waals surface area contributed by atoms with Crippen LogP contribution in [0, 0.1) is 0 Å². The number of benzene rings is 1. The smallest absolute Gasteiger partial charge is 0.123 e. The van der Waals surface area contributed by atoms with Crippen molar-refractivity contribution in [1.82, 2.24) is 0 Å². The van der Waals surface area contributed by atoms with E-state index >= 15 is 0 Å². The molecule has 0 spiro atoms. The Bertz CT molecular complexity index is 461. The predicted molar refractivity (Wildman–Crippen MR) is 94.9 cm³/mol. The molecule has 0 saturated carbocycles. The van der Waals surface area contributed by atoms with Crippen molar-refractivity contribution < 1.29 is 9.84 Å². The number of aliphatic hydroxyl groups excluding tert-OH is 1. The Labute approximate surface area is 136 Å². The molecule has 0 aromatic heterocycles. The summed E-state index contributed by atoms with van der Waals surface area (Å²) in [4.78, 5) is 0. The van der Waals surface area contributed by atoms with Gasteiger partial charge in [0.2, 0.25) is 0 Å². The van der Waals surface area contributed by atoms with E-state index in [4.69, 9.17) is 9.84 Å². The molecule has 2 nitrogen and oxygen atoms in total. The van der Waals surface area contributed by atoms with Crippen molar-refractivity contribution in [2.75, 3.05) is 13.2 Å². The highest BCUT2D eigenvalue weighted by Gasteiger charge is 2.26. The lowest BCUT2D eigenvalue weighted by atomic mass is 9.76. The average molecular weight is 306 g/mol. The van der Waals surface area contributed by atoms with Crippen LogP contribution in [0.5, 0.6) is 5.75 Å². The van der Waals surface area contributed by atoms with Crippen LogP contribution in [0.25, 0.3) is 0 Å². The highest BCUT2D eigenvalue weighted by Crippen LogP contribution is 2.38. The molecule has 1 rings (SSSR count). The zero-order chi connectivity index (χ0) is 16.8. The van der Waals surface area contributed by atoms with Crippen molar-refractivity contribution in [3.05, 3.63) is 29.3 Å². The second kappa shape index (κ2) is 8.01. The third-order valence-electron chi connectivity index (χ3n) is 5.07. The number of ether oxygens (including phenoxy) is 1. The maximum absolute atomic E-state index is 8.88. The number of aliphatic hydroxyl groups is 1. The Hall–Kier alpha value is -1.02. The summed E-state index contributed by atoms with van der Waals surface area (Å²) in [6.45, 7) is 14.5. The van der Waals surface area contributed by atoms with Crippen LogP contribution in [0.1, 0.15) is 78.4 Å². The van der Waals surface area contributed by atoms with E-state index in [0.717, 1.165) is 31.4 Å². The molecule has 1 N–H and O–H groups in total. The Kier molecular flexibility index (Phi) is 6.93. The van der Waals surface area contributed by atoms with Gasteiger partial charge in [-0.3, -0.25) is 0 Å². The first kappa shape index (κ1) is 19.0. The highest BCUT2D eigenvalue weighted by molar-refractivity contribution is 5.44. The summed E-state index contributed by atoms with van der Waals surface area (Å²) in [5.41, 5.74) is 2.98. The lowest BCUT2D eigenvalue weighted by molar-refractivity contribution is 0.250. The first-order chi connectivity index (χ1) is 10.3. The third kappa shape index (κ3) is 4.74. The third-order valence-corrected chi connectivity index (χ3v) is 5.07. The van der Waals surface area contributed by atoms with Gasteiger partial charge >= 0.3 is 0 Å². The van der Waals surface area contributed by atoms with E-state index < -0.39 is 0 Å². The minimum Gasteiger partial charge on any atom is -0.493 e. The fraction of sp³-hybridized carbons (Fsp3) is 0.700. The van der Waals surface area contributed by atoms with Crippen molar-refractivity contribution in [1.29, 1.82) is 0 Å². The molecule has 1 aromatic carbocycles. The molecular formula is C20H34O2. The van der Waals surface area contributed by atoms with Crippen molar-refractivity contribution >= 4 is 0 Å². The molecule has 0 saturated heterocycles. The van der Waals surface area contributed by atoms with Crippen LogP contribution in [0.2, 0.25) is 0 Å². The van der Waals surface area contributed by atoms with Crippen LogP contribution in [0.3, 0.4) is 0 Å². The summed E-state index contributed by atoms with van der Waals surface area (Å²) >= 11 is 0. The topological polar surface area (TPSA) is 29.5 Å². The Morgan fingerprint density at radius 2 is 1.59 bits per heavy atom. The van der Waals surface area contributed by atoms with Crippen molar-refractivity contribution in [2.45, 2.75) is 78.1 Å². The Morgan fingerprint density at radius 3 is 2.14 bits per heavy atom. The first-order valence-corrected chi connectivity index (χ1v) is 8.67. The lowest BCUT2D eigenvalue weighted by Crippen LogP contribution is -2.21. The molecule has 126 valence electrons. The van der Waals surface area contributed by atoms with Crippen molar-refractivity contribution in [3.8, 4) is 5.75 Å². The van der Waals surface area contributed by atoms with Crippen LogP contribution < -0.4 is 4.74 Å². The van der Waals surface area contributed by atoms with E-state index in [2.05, 4.69) is 59.7 Å². The van der Waals surface area contributed by atoms with E-state index in [1.807, 2.05) is 0 Å². The summed E-state index contributed by atoms with van der Waals surface area (Å²) in [7, 11) is 0. The number of hydrogen-bond donors (Lipinski definition) is 1. The summed E-state index contributed by atoms with van der Waals surface area (Å²) in [6, 6.07) is 6.69. The normalized spacial score (nSPS) is 12.5. The van der Waals surface area contributed by atoms with E-state index in [1.54, 1.807) is 0 Å². The van der Waals surface area contributed by atoms with Gasteiger partial charge in [0.05, 0.1) is 6.61 Å². The number of unbranched alkanes of at least 4 members (excludes halogenated alkanes) is 1. The molecule has 0 aliphatic heterocycles. The molecule has 0 amide bonds. The Balaban J connectivity index is 3.11. The molecule has 2 heteroatoms. The molecule has 1 aromatic rings. The monoisotopic (exact) mass is 306 g/mol. The van der Waals surface area contributed by atoms with Crippen molar-refractivity contribution in [2.24, 2.45) is 0 Å². The fourth-order valence-electron chi connectivity index (χ4n) is 2.40. The summed E-state index contributed by atoms with van der Waals surface area (Å²) in [5, 5.41) is 8.88. The van der Waals surface area contributed by atoms with Gasteiger partial charge < -0.3 is 9.84 Å². The second-order valence-corrected chi connectivity index (χ2v) is 7.46. The van der Waals surface area contributed by atoms with Crippen LogP contribution in [-0.4, -0.2) is 18.3 Å². The van der Waals surface area contributed by atoms with E-state index in [9.17, 15) is 0 Å². The van der Waals surface area contributed by atoms with Gasteiger partial charge in [-0.15, -0.1) is 0 Å². The minimum atomic E-state index is 0.103. The quantitative estimate of drug-likeness (QED) is 0.634. The minimum absolute atomic E-state index is 0.103. The van der Waals surface area contributed by atoms with Crippen LogP contribution in [0.4, 0.5) is 0 Å². The van der Waals surface area contributed by atoms with Gasteiger partial charge in [-0.05, 0) is 48.1 Å². The molecule has 0 heterocycles. The molecule has 0 aliphatic rings. The standard InChI is InChI=1S/C20H34O2/c1-7-19(3,4)16-11-12-18(22-14-10-9-13-21)17(15-16)20(5,6)8-2/h11-12,15,21H,7-10,13-14H2,1-6H3. The fourth-order valence-corrected chi connectivity index (χ4v) is 2.40. The van der Waals surface area contributed by atoms with Gasteiger partial charge in [0.25, 0.3) is 0 Å². The number of hydrogen-bond acceptors (Lipinski definition) is 2. The average Bonchev–Trinajstić information content (AvgIpc) is 2.51. The van der Waals surface area contributed by atoms with Crippen LogP contribution >= 0.6 is 0 Å². The van der Waals surface area contributed by atoms with E-state index in [-0.39, 0.29) is 17.4 Å². The van der Waals surface area contributed by atoms with E-state index in [0.29, 0.717) is 6.61 Å². The first-order valence-electron chi connectivity index (χ1n) is 8.67. The molecule has 0 unspecified atom stereocenters. The van der Waals surface area contributed by atoms with Crippen LogP contribution in [0.15, 0.2) is 18.2 Å². The summed E-state index contributed by atoms with van der Waals surface area (Å²) < 4.78 is 6.02. The largest absolute Gasteiger partial charge is 0.493 e. The molecule has 0 radical (unpaired) electrons.